The topological polar surface area (TPSA) is 12.0 Å². The van der Waals surface area contributed by atoms with E-state index >= 15 is 0 Å². The zero-order valence-electron chi connectivity index (χ0n) is 9.45. The minimum absolute atomic E-state index is 0.769. The summed E-state index contributed by atoms with van der Waals surface area (Å²) in [6.07, 6.45) is 2.69. The van der Waals surface area contributed by atoms with Gasteiger partial charge >= 0.3 is 0 Å². The van der Waals surface area contributed by atoms with Crippen LogP contribution in [0, 0.1) is 0 Å². The number of halogens is 1. The maximum Gasteiger partial charge on any atom is 0.0222 e. The highest BCUT2D eigenvalue weighted by Crippen LogP contribution is 2.30. The Morgan fingerprint density at radius 2 is 2.18 bits per heavy atom. The van der Waals surface area contributed by atoms with Crippen molar-refractivity contribution in [1.29, 1.82) is 0 Å². The van der Waals surface area contributed by atoms with Crippen LogP contribution >= 0.6 is 27.3 Å². The van der Waals surface area contributed by atoms with Crippen LogP contribution in [0.25, 0.3) is 11.1 Å². The van der Waals surface area contributed by atoms with E-state index in [0.29, 0.717) is 0 Å². The maximum atomic E-state index is 3.58. The number of benzene rings is 1. The van der Waals surface area contributed by atoms with Crippen LogP contribution in [-0.4, -0.2) is 6.04 Å². The number of hydrogen-bond donors (Lipinski definition) is 1. The number of thiophene rings is 1. The number of hydrogen-bond acceptors (Lipinski definition) is 2. The second kappa shape index (κ2) is 4.92. The Balaban J connectivity index is 1.83. The zero-order chi connectivity index (χ0) is 11.7. The zero-order valence-corrected chi connectivity index (χ0v) is 11.9. The summed E-state index contributed by atoms with van der Waals surface area (Å²) in [7, 11) is 0. The van der Waals surface area contributed by atoms with Gasteiger partial charge in [-0.05, 0) is 52.4 Å². The van der Waals surface area contributed by atoms with Crippen molar-refractivity contribution in [3.8, 4) is 11.1 Å². The fraction of sp³-hybridized carbons (Fsp3) is 0.286. The van der Waals surface area contributed by atoms with Crippen molar-refractivity contribution in [1.82, 2.24) is 5.32 Å². The van der Waals surface area contributed by atoms with Crippen LogP contribution in [0.4, 0.5) is 0 Å². The van der Waals surface area contributed by atoms with Crippen LogP contribution in [0.15, 0.2) is 39.5 Å². The van der Waals surface area contributed by atoms with Gasteiger partial charge in [0.15, 0.2) is 0 Å². The fourth-order valence-corrected chi connectivity index (χ4v) is 3.18. The molecule has 1 aliphatic carbocycles. The fourth-order valence-electron chi connectivity index (χ4n) is 1.91. The van der Waals surface area contributed by atoms with Gasteiger partial charge in [0, 0.05) is 17.1 Å². The van der Waals surface area contributed by atoms with Gasteiger partial charge in [-0.15, -0.1) is 0 Å². The third-order valence-electron chi connectivity index (χ3n) is 3.04. The highest BCUT2D eigenvalue weighted by molar-refractivity contribution is 9.10. The average molecular weight is 308 g/mol. The summed E-state index contributed by atoms with van der Waals surface area (Å²) in [5.74, 6) is 0. The predicted octanol–water partition coefficient (Wildman–Crippen LogP) is 4.43. The lowest BCUT2D eigenvalue weighted by Crippen LogP contribution is -2.15. The summed E-state index contributed by atoms with van der Waals surface area (Å²) in [5.41, 5.74) is 4.08. The molecule has 17 heavy (non-hydrogen) atoms. The first-order valence-electron chi connectivity index (χ1n) is 5.87. The summed E-state index contributed by atoms with van der Waals surface area (Å²) in [5, 5.41) is 8.08. The maximum absolute atomic E-state index is 3.58. The molecule has 1 aromatic carbocycles. The third-order valence-corrected chi connectivity index (χ3v) is 4.32. The van der Waals surface area contributed by atoms with Crippen molar-refractivity contribution in [3.05, 3.63) is 45.1 Å². The van der Waals surface area contributed by atoms with Crippen LogP contribution in [0.5, 0.6) is 0 Å². The van der Waals surface area contributed by atoms with Crippen LogP contribution in [-0.2, 0) is 6.54 Å². The molecule has 3 heteroatoms. The molecule has 1 fully saturated rings. The summed E-state index contributed by atoms with van der Waals surface area (Å²) >= 11 is 5.32. The smallest absolute Gasteiger partial charge is 0.0222 e. The van der Waals surface area contributed by atoms with Crippen molar-refractivity contribution < 1.29 is 0 Å². The lowest BCUT2D eigenvalue weighted by atomic mass is 10.1. The van der Waals surface area contributed by atoms with E-state index < -0.39 is 0 Å². The minimum Gasteiger partial charge on any atom is -0.310 e. The van der Waals surface area contributed by atoms with Gasteiger partial charge in [0.1, 0.15) is 0 Å². The first-order valence-corrected chi connectivity index (χ1v) is 7.61. The van der Waals surface area contributed by atoms with Crippen LogP contribution in [0.3, 0.4) is 0 Å². The van der Waals surface area contributed by atoms with Gasteiger partial charge in [-0.2, -0.15) is 11.3 Å². The van der Waals surface area contributed by atoms with E-state index in [4.69, 9.17) is 0 Å². The molecule has 0 spiro atoms. The summed E-state index contributed by atoms with van der Waals surface area (Å²) in [6, 6.07) is 9.29. The third kappa shape index (κ3) is 2.79. The van der Waals surface area contributed by atoms with E-state index in [0.717, 1.165) is 17.1 Å². The highest BCUT2D eigenvalue weighted by atomic mass is 79.9. The van der Waals surface area contributed by atoms with Crippen molar-refractivity contribution in [2.75, 3.05) is 0 Å². The molecule has 1 aromatic heterocycles. The van der Waals surface area contributed by atoms with E-state index in [2.05, 4.69) is 56.3 Å². The Bertz CT molecular complexity index is 516. The monoisotopic (exact) mass is 307 g/mol. The molecule has 2 aromatic rings. The van der Waals surface area contributed by atoms with Gasteiger partial charge in [0.25, 0.3) is 0 Å². The molecular weight excluding hydrogens is 294 g/mol. The first-order chi connectivity index (χ1) is 8.33. The van der Waals surface area contributed by atoms with E-state index in [9.17, 15) is 0 Å². The molecule has 0 bridgehead atoms. The molecule has 0 amide bonds. The second-order valence-electron chi connectivity index (χ2n) is 4.48. The molecule has 1 heterocycles. The summed E-state index contributed by atoms with van der Waals surface area (Å²) < 4.78 is 1.14. The lowest BCUT2D eigenvalue weighted by Gasteiger charge is -2.06. The Morgan fingerprint density at radius 3 is 2.94 bits per heavy atom. The largest absolute Gasteiger partial charge is 0.310 e. The van der Waals surface area contributed by atoms with Gasteiger partial charge < -0.3 is 5.32 Å². The van der Waals surface area contributed by atoms with Gasteiger partial charge in [-0.1, -0.05) is 28.1 Å². The van der Waals surface area contributed by atoms with Crippen LogP contribution in [0.1, 0.15) is 18.4 Å². The Kier molecular flexibility index (Phi) is 3.32. The van der Waals surface area contributed by atoms with Crippen molar-refractivity contribution in [2.24, 2.45) is 0 Å². The normalized spacial score (nSPS) is 15.1. The molecule has 0 saturated heterocycles. The van der Waals surface area contributed by atoms with E-state index in [-0.39, 0.29) is 0 Å². The Labute approximate surface area is 114 Å². The van der Waals surface area contributed by atoms with E-state index in [1.165, 1.54) is 29.5 Å². The molecule has 0 atom stereocenters. The Morgan fingerprint density at radius 1 is 1.29 bits per heavy atom. The predicted molar refractivity (Wildman–Crippen MR) is 77.3 cm³/mol. The molecular formula is C14H14BrNS. The standard InChI is InChI=1S/C14H14BrNS/c15-12-3-1-2-10(6-12)14-9-17-8-11(14)7-16-13-4-5-13/h1-3,6,8-9,13,16H,4-5,7H2. The van der Waals surface area contributed by atoms with E-state index in [1.54, 1.807) is 11.3 Å². The molecule has 3 rings (SSSR count). The second-order valence-corrected chi connectivity index (χ2v) is 6.14. The minimum atomic E-state index is 0.769. The Hall–Kier alpha value is -0.640. The molecule has 1 saturated carbocycles. The number of rotatable bonds is 4. The molecule has 0 unspecified atom stereocenters. The summed E-state index contributed by atoms with van der Waals surface area (Å²) in [4.78, 5) is 0. The summed E-state index contributed by atoms with van der Waals surface area (Å²) in [6.45, 7) is 0.996. The molecule has 1 aliphatic rings. The highest BCUT2D eigenvalue weighted by Gasteiger charge is 2.20. The molecule has 0 radical (unpaired) electrons. The van der Waals surface area contributed by atoms with Crippen molar-refractivity contribution >= 4 is 27.3 Å². The van der Waals surface area contributed by atoms with Crippen molar-refractivity contribution in [3.63, 3.8) is 0 Å². The molecule has 1 N–H and O–H groups in total. The van der Waals surface area contributed by atoms with Gasteiger partial charge in [0.2, 0.25) is 0 Å². The molecule has 1 nitrogen and oxygen atoms in total. The average Bonchev–Trinajstić information content (AvgIpc) is 3.04. The molecule has 0 aliphatic heterocycles. The quantitative estimate of drug-likeness (QED) is 0.881. The first kappa shape index (κ1) is 11.5. The molecule has 88 valence electrons. The van der Waals surface area contributed by atoms with Gasteiger partial charge in [0.05, 0.1) is 0 Å². The van der Waals surface area contributed by atoms with Gasteiger partial charge in [-0.3, -0.25) is 0 Å². The number of nitrogens with one attached hydrogen (secondary N) is 1. The lowest BCUT2D eigenvalue weighted by molar-refractivity contribution is 0.690. The van der Waals surface area contributed by atoms with Crippen molar-refractivity contribution in [2.45, 2.75) is 25.4 Å². The van der Waals surface area contributed by atoms with Crippen LogP contribution < -0.4 is 5.32 Å². The van der Waals surface area contributed by atoms with E-state index in [1.807, 2.05) is 0 Å². The van der Waals surface area contributed by atoms with Crippen LogP contribution in [0.2, 0.25) is 0 Å². The SMILES string of the molecule is Brc1cccc(-c2cscc2CNC2CC2)c1. The van der Waals surface area contributed by atoms with Gasteiger partial charge in [-0.25, -0.2) is 0 Å².